The second kappa shape index (κ2) is 2.72. The molecule has 0 aromatic heterocycles. The van der Waals surface area contributed by atoms with Crippen molar-refractivity contribution in [2.24, 2.45) is 17.1 Å². The highest BCUT2D eigenvalue weighted by atomic mass is 16.2. The predicted molar refractivity (Wildman–Crippen MR) is 46.6 cm³/mol. The molecule has 0 aromatic carbocycles. The number of nitrogens with one attached hydrogen (secondary N) is 1. The molecular weight excluding hydrogens is 168 g/mol. The van der Waals surface area contributed by atoms with Gasteiger partial charge in [-0.15, -0.1) is 0 Å². The molecule has 4 nitrogen and oxygen atoms in total. The molecule has 0 bridgehead atoms. The van der Waals surface area contributed by atoms with Gasteiger partial charge in [0.1, 0.15) is 0 Å². The Hall–Kier alpha value is -1.06. The van der Waals surface area contributed by atoms with E-state index in [0.717, 1.165) is 19.3 Å². The van der Waals surface area contributed by atoms with Crippen molar-refractivity contribution in [2.45, 2.75) is 25.7 Å². The average molecular weight is 182 g/mol. The molecule has 2 amide bonds. The number of nitrogens with two attached hydrogens (primary N) is 1. The van der Waals surface area contributed by atoms with Crippen molar-refractivity contribution in [2.75, 3.05) is 6.54 Å². The van der Waals surface area contributed by atoms with Crippen molar-refractivity contribution in [3.8, 4) is 0 Å². The molecule has 4 heteroatoms. The van der Waals surface area contributed by atoms with Gasteiger partial charge in [0.05, 0.1) is 5.41 Å². The zero-order valence-corrected chi connectivity index (χ0v) is 7.51. The van der Waals surface area contributed by atoms with Crippen LogP contribution in [-0.4, -0.2) is 18.4 Å². The van der Waals surface area contributed by atoms with Crippen LogP contribution < -0.4 is 11.1 Å². The molecule has 2 rings (SSSR count). The molecule has 1 aliphatic carbocycles. The zero-order valence-electron chi connectivity index (χ0n) is 7.51. The molecule has 1 aliphatic heterocycles. The van der Waals surface area contributed by atoms with Gasteiger partial charge in [-0.3, -0.25) is 9.59 Å². The highest BCUT2D eigenvalue weighted by Gasteiger charge is 2.54. The van der Waals surface area contributed by atoms with E-state index in [4.69, 9.17) is 5.73 Å². The van der Waals surface area contributed by atoms with Gasteiger partial charge in [0.25, 0.3) is 0 Å². The Kier molecular flexibility index (Phi) is 1.78. The first kappa shape index (κ1) is 8.53. The van der Waals surface area contributed by atoms with E-state index in [1.54, 1.807) is 0 Å². The lowest BCUT2D eigenvalue weighted by Gasteiger charge is -2.28. The smallest absolute Gasteiger partial charge is 0.223 e. The van der Waals surface area contributed by atoms with Gasteiger partial charge < -0.3 is 11.1 Å². The summed E-state index contributed by atoms with van der Waals surface area (Å²) in [7, 11) is 0. The average Bonchev–Trinajstić information content (AvgIpc) is 2.86. The molecule has 1 heterocycles. The van der Waals surface area contributed by atoms with Crippen LogP contribution in [0.1, 0.15) is 25.7 Å². The Morgan fingerprint density at radius 2 is 2.23 bits per heavy atom. The van der Waals surface area contributed by atoms with Gasteiger partial charge in [-0.05, 0) is 25.2 Å². The van der Waals surface area contributed by atoms with Crippen LogP contribution in [0.5, 0.6) is 0 Å². The van der Waals surface area contributed by atoms with Gasteiger partial charge in [-0.1, -0.05) is 0 Å². The summed E-state index contributed by atoms with van der Waals surface area (Å²) in [5, 5.41) is 2.79. The largest absolute Gasteiger partial charge is 0.369 e. The van der Waals surface area contributed by atoms with Gasteiger partial charge in [0.2, 0.25) is 11.8 Å². The third kappa shape index (κ3) is 1.30. The van der Waals surface area contributed by atoms with Crippen LogP contribution in [0, 0.1) is 11.3 Å². The molecule has 2 aliphatic rings. The molecule has 0 radical (unpaired) electrons. The third-order valence-corrected chi connectivity index (χ3v) is 3.33. The topological polar surface area (TPSA) is 72.2 Å². The maximum Gasteiger partial charge on any atom is 0.223 e. The summed E-state index contributed by atoms with van der Waals surface area (Å²) in [5.74, 6) is 0.188. The number of amides is 2. The Morgan fingerprint density at radius 1 is 1.54 bits per heavy atom. The van der Waals surface area contributed by atoms with E-state index in [-0.39, 0.29) is 23.1 Å². The summed E-state index contributed by atoms with van der Waals surface area (Å²) < 4.78 is 0. The molecule has 2 fully saturated rings. The third-order valence-electron chi connectivity index (χ3n) is 3.33. The molecule has 1 saturated carbocycles. The first-order chi connectivity index (χ1) is 6.15. The summed E-state index contributed by atoms with van der Waals surface area (Å²) in [6, 6.07) is 0. The molecule has 13 heavy (non-hydrogen) atoms. The van der Waals surface area contributed by atoms with E-state index in [1.807, 2.05) is 0 Å². The number of hydrogen-bond acceptors (Lipinski definition) is 2. The van der Waals surface area contributed by atoms with Gasteiger partial charge >= 0.3 is 0 Å². The zero-order chi connectivity index (χ0) is 9.47. The SMILES string of the molecule is NC(=O)C1(C2CCC(=O)NC2)CC1. The fourth-order valence-corrected chi connectivity index (χ4v) is 2.19. The molecule has 1 unspecified atom stereocenters. The number of rotatable bonds is 2. The van der Waals surface area contributed by atoms with Crippen LogP contribution in [0.15, 0.2) is 0 Å². The van der Waals surface area contributed by atoms with E-state index in [2.05, 4.69) is 5.32 Å². The van der Waals surface area contributed by atoms with Crippen LogP contribution in [0.4, 0.5) is 0 Å². The fourth-order valence-electron chi connectivity index (χ4n) is 2.19. The summed E-state index contributed by atoms with van der Waals surface area (Å²) >= 11 is 0. The van der Waals surface area contributed by atoms with Crippen LogP contribution >= 0.6 is 0 Å². The van der Waals surface area contributed by atoms with E-state index < -0.39 is 0 Å². The molecule has 0 spiro atoms. The fraction of sp³-hybridized carbons (Fsp3) is 0.778. The molecule has 1 atom stereocenters. The molecule has 3 N–H and O–H groups in total. The number of hydrogen-bond donors (Lipinski definition) is 2. The number of primary amides is 1. The number of piperidine rings is 1. The van der Waals surface area contributed by atoms with Gasteiger partial charge in [0.15, 0.2) is 0 Å². The predicted octanol–water partition coefficient (Wildman–Crippen LogP) is -0.222. The maximum atomic E-state index is 11.2. The van der Waals surface area contributed by atoms with E-state index in [1.165, 1.54) is 0 Å². The Labute approximate surface area is 76.9 Å². The highest BCUT2D eigenvalue weighted by molar-refractivity contribution is 5.84. The standard InChI is InChI=1S/C9H14N2O2/c10-8(13)9(3-4-9)6-1-2-7(12)11-5-6/h6H,1-5H2,(H2,10,13)(H,11,12). The van der Waals surface area contributed by atoms with Crippen molar-refractivity contribution in [1.82, 2.24) is 5.32 Å². The lowest BCUT2D eigenvalue weighted by molar-refractivity contribution is -0.129. The quantitative estimate of drug-likeness (QED) is 0.619. The highest BCUT2D eigenvalue weighted by Crippen LogP contribution is 2.53. The summed E-state index contributed by atoms with van der Waals surface area (Å²) in [4.78, 5) is 22.1. The molecule has 0 aromatic rings. The van der Waals surface area contributed by atoms with Crippen LogP contribution in [0.25, 0.3) is 0 Å². The second-order valence-corrected chi connectivity index (χ2v) is 4.06. The van der Waals surface area contributed by atoms with Crippen molar-refractivity contribution in [3.05, 3.63) is 0 Å². The van der Waals surface area contributed by atoms with E-state index in [0.29, 0.717) is 13.0 Å². The van der Waals surface area contributed by atoms with E-state index >= 15 is 0 Å². The lowest BCUT2D eigenvalue weighted by atomic mass is 9.83. The van der Waals surface area contributed by atoms with Crippen molar-refractivity contribution in [3.63, 3.8) is 0 Å². The minimum atomic E-state index is -0.270. The second-order valence-electron chi connectivity index (χ2n) is 4.06. The lowest BCUT2D eigenvalue weighted by Crippen LogP contribution is -2.43. The van der Waals surface area contributed by atoms with Crippen LogP contribution in [-0.2, 0) is 9.59 Å². The van der Waals surface area contributed by atoms with Gasteiger partial charge in [-0.2, -0.15) is 0 Å². The van der Waals surface area contributed by atoms with Gasteiger partial charge in [0, 0.05) is 13.0 Å². The molecule has 72 valence electrons. The maximum absolute atomic E-state index is 11.2. The van der Waals surface area contributed by atoms with Crippen molar-refractivity contribution in [1.29, 1.82) is 0 Å². The van der Waals surface area contributed by atoms with Crippen LogP contribution in [0.3, 0.4) is 0 Å². The normalized spacial score (nSPS) is 30.8. The van der Waals surface area contributed by atoms with Gasteiger partial charge in [-0.25, -0.2) is 0 Å². The summed E-state index contributed by atoms with van der Waals surface area (Å²) in [6.07, 6.45) is 3.17. The monoisotopic (exact) mass is 182 g/mol. The first-order valence-corrected chi connectivity index (χ1v) is 4.72. The van der Waals surface area contributed by atoms with Crippen molar-refractivity contribution < 1.29 is 9.59 Å². The van der Waals surface area contributed by atoms with Crippen molar-refractivity contribution >= 4 is 11.8 Å². The molecular formula is C9H14N2O2. The Balaban J connectivity index is 2.02. The van der Waals surface area contributed by atoms with Crippen LogP contribution in [0.2, 0.25) is 0 Å². The number of carbonyl (C=O) groups is 2. The minimum Gasteiger partial charge on any atom is -0.369 e. The minimum absolute atomic E-state index is 0.0940. The number of carbonyl (C=O) groups excluding carboxylic acids is 2. The molecule has 1 saturated heterocycles. The Morgan fingerprint density at radius 3 is 2.62 bits per heavy atom. The summed E-state index contributed by atoms with van der Waals surface area (Å²) in [6.45, 7) is 0.627. The Bertz CT molecular complexity index is 248. The first-order valence-electron chi connectivity index (χ1n) is 4.72. The van der Waals surface area contributed by atoms with E-state index in [9.17, 15) is 9.59 Å². The summed E-state index contributed by atoms with van der Waals surface area (Å²) in [5.41, 5.74) is 5.08.